The number of rotatable bonds is 1. The fraction of sp³-hybridized carbons (Fsp3) is 0.250. The summed E-state index contributed by atoms with van der Waals surface area (Å²) in [5.41, 5.74) is -0.865. The molecule has 1 heterocycles. The molecule has 0 bridgehead atoms. The molecule has 1 aromatic heterocycles. The van der Waals surface area contributed by atoms with E-state index in [0.29, 0.717) is 0 Å². The molecule has 0 amide bonds. The molecule has 0 saturated carbocycles. The number of alkyl halides is 3. The zero-order valence-corrected chi connectivity index (χ0v) is 7.09. The first-order valence-electron chi connectivity index (χ1n) is 3.58. The maximum absolute atomic E-state index is 12.1. The molecule has 0 aliphatic rings. The van der Waals surface area contributed by atoms with Gasteiger partial charge in [-0.2, -0.15) is 18.2 Å². The number of aliphatic imine (C=N–C) groups is 1. The van der Waals surface area contributed by atoms with Gasteiger partial charge in [-0.3, -0.25) is 0 Å². The summed E-state index contributed by atoms with van der Waals surface area (Å²) < 4.78 is 36.3. The van der Waals surface area contributed by atoms with Crippen LogP contribution >= 0.6 is 0 Å². The third kappa shape index (κ3) is 2.17. The third-order valence-corrected chi connectivity index (χ3v) is 1.51. The Kier molecular flexibility index (Phi) is 2.67. The highest BCUT2D eigenvalue weighted by Crippen LogP contribution is 2.29. The van der Waals surface area contributed by atoms with Crippen LogP contribution < -0.4 is 0 Å². The molecule has 0 radical (unpaired) electrons. The fourth-order valence-electron chi connectivity index (χ4n) is 0.879. The number of hydrogen-bond donors (Lipinski definition) is 0. The van der Waals surface area contributed by atoms with Crippen molar-refractivity contribution in [2.45, 2.75) is 13.1 Å². The number of pyridine rings is 1. The van der Waals surface area contributed by atoms with Crippen molar-refractivity contribution >= 4 is 11.8 Å². The second-order valence-corrected chi connectivity index (χ2v) is 2.50. The van der Waals surface area contributed by atoms with Gasteiger partial charge in [0.1, 0.15) is 5.69 Å². The van der Waals surface area contributed by atoms with Gasteiger partial charge in [0, 0.05) is 0 Å². The monoisotopic (exact) mass is 202 g/mol. The summed E-state index contributed by atoms with van der Waals surface area (Å²) in [4.78, 5) is 16.3. The average molecular weight is 202 g/mol. The summed E-state index contributed by atoms with van der Waals surface area (Å²) in [6, 6.07) is 1.85. The van der Waals surface area contributed by atoms with E-state index in [1.807, 2.05) is 0 Å². The maximum atomic E-state index is 12.1. The molecule has 1 rings (SSSR count). The molecular formula is C8H5F3N2O. The van der Waals surface area contributed by atoms with E-state index in [2.05, 4.69) is 9.98 Å². The molecular weight excluding hydrogens is 197 g/mol. The minimum Gasteiger partial charge on any atom is -0.246 e. The lowest BCUT2D eigenvalue weighted by Gasteiger charge is -2.06. The van der Waals surface area contributed by atoms with Crippen molar-refractivity contribution in [1.82, 2.24) is 4.98 Å². The molecule has 0 aromatic carbocycles. The first-order valence-corrected chi connectivity index (χ1v) is 3.58. The second kappa shape index (κ2) is 3.59. The molecule has 0 saturated heterocycles. The van der Waals surface area contributed by atoms with Gasteiger partial charge in [0.2, 0.25) is 6.08 Å². The van der Waals surface area contributed by atoms with Gasteiger partial charge in [0.25, 0.3) is 0 Å². The molecule has 74 valence electrons. The fourth-order valence-corrected chi connectivity index (χ4v) is 0.879. The molecule has 1 aromatic rings. The number of hydrogen-bond acceptors (Lipinski definition) is 3. The molecule has 6 heteroatoms. The van der Waals surface area contributed by atoms with Crippen LogP contribution in [0, 0.1) is 6.92 Å². The van der Waals surface area contributed by atoms with E-state index >= 15 is 0 Å². The van der Waals surface area contributed by atoms with Crippen LogP contribution in [0.2, 0.25) is 0 Å². The Morgan fingerprint density at radius 3 is 2.50 bits per heavy atom. The number of aromatic nitrogens is 1. The lowest BCUT2D eigenvalue weighted by molar-refractivity contribution is -0.141. The Hall–Kier alpha value is -1.68. The van der Waals surface area contributed by atoms with Crippen molar-refractivity contribution in [3.05, 3.63) is 23.5 Å². The standard InChI is InChI=1S/C8H5F3N2O/c1-5-6(12-4-14)2-3-7(13-5)8(9,10)11/h2-3H,1H3. The SMILES string of the molecule is Cc1nc(C(F)(F)F)ccc1N=C=O. The van der Waals surface area contributed by atoms with Crippen molar-refractivity contribution in [2.75, 3.05) is 0 Å². The Morgan fingerprint density at radius 1 is 1.43 bits per heavy atom. The highest BCUT2D eigenvalue weighted by atomic mass is 19.4. The highest BCUT2D eigenvalue weighted by molar-refractivity contribution is 5.51. The van der Waals surface area contributed by atoms with Crippen molar-refractivity contribution < 1.29 is 18.0 Å². The van der Waals surface area contributed by atoms with E-state index in [1.54, 1.807) is 0 Å². The van der Waals surface area contributed by atoms with E-state index in [-0.39, 0.29) is 11.4 Å². The Labute approximate surface area is 77.3 Å². The zero-order valence-electron chi connectivity index (χ0n) is 7.09. The summed E-state index contributed by atoms with van der Waals surface area (Å²) in [5, 5.41) is 0. The molecule has 0 unspecified atom stereocenters. The van der Waals surface area contributed by atoms with Gasteiger partial charge in [-0.15, -0.1) is 0 Å². The third-order valence-electron chi connectivity index (χ3n) is 1.51. The normalized spacial score (nSPS) is 10.9. The molecule has 3 nitrogen and oxygen atoms in total. The first-order chi connectivity index (χ1) is 6.45. The van der Waals surface area contributed by atoms with Crippen LogP contribution in [0.4, 0.5) is 18.9 Å². The first kappa shape index (κ1) is 10.4. The Bertz CT molecular complexity index is 394. The van der Waals surface area contributed by atoms with Crippen molar-refractivity contribution in [3.8, 4) is 0 Å². The van der Waals surface area contributed by atoms with Crippen LogP contribution in [0.3, 0.4) is 0 Å². The van der Waals surface area contributed by atoms with Crippen LogP contribution in [0.15, 0.2) is 17.1 Å². The smallest absolute Gasteiger partial charge is 0.246 e. The van der Waals surface area contributed by atoms with Crippen molar-refractivity contribution in [3.63, 3.8) is 0 Å². The van der Waals surface area contributed by atoms with Gasteiger partial charge in [-0.25, -0.2) is 9.78 Å². The number of halogens is 3. The Balaban J connectivity index is 3.19. The van der Waals surface area contributed by atoms with Gasteiger partial charge < -0.3 is 0 Å². The quantitative estimate of drug-likeness (QED) is 0.518. The number of aryl methyl sites for hydroxylation is 1. The average Bonchev–Trinajstić information content (AvgIpc) is 2.07. The van der Waals surface area contributed by atoms with Crippen molar-refractivity contribution in [1.29, 1.82) is 0 Å². The van der Waals surface area contributed by atoms with E-state index in [9.17, 15) is 18.0 Å². The summed E-state index contributed by atoms with van der Waals surface area (Å²) in [6.45, 7) is 1.34. The van der Waals surface area contributed by atoms with Gasteiger partial charge in [0.05, 0.1) is 11.4 Å². The second-order valence-electron chi connectivity index (χ2n) is 2.50. The lowest BCUT2D eigenvalue weighted by Crippen LogP contribution is -2.08. The highest BCUT2D eigenvalue weighted by Gasteiger charge is 2.32. The summed E-state index contributed by atoms with van der Waals surface area (Å²) >= 11 is 0. The Morgan fingerprint density at radius 2 is 2.07 bits per heavy atom. The molecule has 0 atom stereocenters. The van der Waals surface area contributed by atoms with Gasteiger partial charge >= 0.3 is 6.18 Å². The predicted octanol–water partition coefficient (Wildman–Crippen LogP) is 2.38. The molecule has 0 aliphatic heterocycles. The van der Waals surface area contributed by atoms with E-state index in [1.165, 1.54) is 13.0 Å². The topological polar surface area (TPSA) is 42.3 Å². The number of carbonyl (C=O) groups excluding carboxylic acids is 1. The zero-order chi connectivity index (χ0) is 10.8. The number of nitrogens with zero attached hydrogens (tertiary/aromatic N) is 2. The predicted molar refractivity (Wildman–Crippen MR) is 41.8 cm³/mol. The molecule has 0 fully saturated rings. The number of isocyanates is 1. The van der Waals surface area contributed by atoms with Crippen LogP contribution in [-0.4, -0.2) is 11.1 Å². The molecule has 0 aliphatic carbocycles. The minimum atomic E-state index is -4.48. The van der Waals surface area contributed by atoms with Gasteiger partial charge in [-0.1, -0.05) is 0 Å². The maximum Gasteiger partial charge on any atom is 0.433 e. The van der Waals surface area contributed by atoms with Gasteiger partial charge in [-0.05, 0) is 19.1 Å². The van der Waals surface area contributed by atoms with E-state index in [4.69, 9.17) is 0 Å². The van der Waals surface area contributed by atoms with Crippen LogP contribution in [0.25, 0.3) is 0 Å². The van der Waals surface area contributed by atoms with Gasteiger partial charge in [0.15, 0.2) is 0 Å². The molecule has 0 spiro atoms. The van der Waals surface area contributed by atoms with Crippen LogP contribution in [0.1, 0.15) is 11.4 Å². The largest absolute Gasteiger partial charge is 0.433 e. The molecule has 0 N–H and O–H groups in total. The summed E-state index contributed by atoms with van der Waals surface area (Å²) in [7, 11) is 0. The van der Waals surface area contributed by atoms with Crippen molar-refractivity contribution in [2.24, 2.45) is 4.99 Å². The molecule has 14 heavy (non-hydrogen) atoms. The summed E-state index contributed by atoms with van der Waals surface area (Å²) in [5.74, 6) is 0. The lowest BCUT2D eigenvalue weighted by atomic mass is 10.2. The summed E-state index contributed by atoms with van der Waals surface area (Å²) in [6.07, 6.45) is -3.24. The van der Waals surface area contributed by atoms with Crippen LogP contribution in [0.5, 0.6) is 0 Å². The van der Waals surface area contributed by atoms with E-state index < -0.39 is 11.9 Å². The minimum absolute atomic E-state index is 0.0446. The van der Waals surface area contributed by atoms with Crippen LogP contribution in [-0.2, 0) is 11.0 Å². The van der Waals surface area contributed by atoms with E-state index in [0.717, 1.165) is 12.1 Å².